The van der Waals surface area contributed by atoms with E-state index in [1.165, 1.54) is 0 Å². The van der Waals surface area contributed by atoms with Gasteiger partial charge in [0.1, 0.15) is 0 Å². The van der Waals surface area contributed by atoms with Crippen LogP contribution in [0.25, 0.3) is 0 Å². The van der Waals surface area contributed by atoms with Crippen LogP contribution in [0.3, 0.4) is 0 Å². The minimum atomic E-state index is -0.711. The zero-order chi connectivity index (χ0) is 7.78. The van der Waals surface area contributed by atoms with Gasteiger partial charge in [-0.2, -0.15) is 0 Å². The van der Waals surface area contributed by atoms with E-state index in [0.717, 1.165) is 4.91 Å². The molecule has 4 heteroatoms. The molecular weight excluding hydrogens is 166 g/mol. The molecule has 0 fully saturated rings. The molecule has 0 aromatic rings. The smallest absolute Gasteiger partial charge is 0.0922 e. The fourth-order valence-electron chi connectivity index (χ4n) is 0.554. The fourth-order valence-corrected chi connectivity index (χ4v) is 3.15. The Morgan fingerprint density at radius 3 is 2.60 bits per heavy atom. The zero-order valence-corrected chi connectivity index (χ0v) is 7.68. The molecule has 1 aliphatic heterocycles. The minimum Gasteiger partial charge on any atom is -0.385 e. The molecule has 10 heavy (non-hydrogen) atoms. The lowest BCUT2D eigenvalue weighted by Crippen LogP contribution is -2.18. The van der Waals surface area contributed by atoms with Crippen molar-refractivity contribution in [2.75, 3.05) is 0 Å². The van der Waals surface area contributed by atoms with Gasteiger partial charge in [0.25, 0.3) is 0 Å². The lowest BCUT2D eigenvalue weighted by atomic mass is 10.1. The van der Waals surface area contributed by atoms with Gasteiger partial charge < -0.3 is 9.83 Å². The zero-order valence-electron chi connectivity index (χ0n) is 6.05. The summed E-state index contributed by atoms with van der Waals surface area (Å²) in [6.45, 7) is 3.55. The van der Waals surface area contributed by atoms with Crippen LogP contribution >= 0.6 is 20.5 Å². The van der Waals surface area contributed by atoms with Crippen LogP contribution in [0.2, 0.25) is 0 Å². The van der Waals surface area contributed by atoms with Crippen molar-refractivity contribution in [3.8, 4) is 0 Å². The molecule has 0 radical (unpaired) electrons. The van der Waals surface area contributed by atoms with Crippen LogP contribution < -0.4 is 4.72 Å². The van der Waals surface area contributed by atoms with E-state index in [1.54, 1.807) is 24.6 Å². The van der Waals surface area contributed by atoms with Gasteiger partial charge in [0.15, 0.2) is 0 Å². The van der Waals surface area contributed by atoms with Gasteiger partial charge in [-0.1, -0.05) is 0 Å². The topological polar surface area (TPSA) is 32.3 Å². The van der Waals surface area contributed by atoms with Crippen LogP contribution in [0.4, 0.5) is 0 Å². The van der Waals surface area contributed by atoms with Crippen molar-refractivity contribution < 1.29 is 5.11 Å². The number of hydrogen-bond donors (Lipinski definition) is 2. The van der Waals surface area contributed by atoms with Crippen molar-refractivity contribution in [2.45, 2.75) is 19.4 Å². The summed E-state index contributed by atoms with van der Waals surface area (Å²) in [5.74, 6) is 3.82. The Kier molecular flexibility index (Phi) is 2.12. The van der Waals surface area contributed by atoms with Crippen molar-refractivity contribution >= 4 is 26.4 Å². The highest BCUT2D eigenvalue weighted by Crippen LogP contribution is 2.42. The van der Waals surface area contributed by atoms with Crippen LogP contribution in [0.15, 0.2) is 11.1 Å². The minimum absolute atomic E-state index is 0.0853. The summed E-state index contributed by atoms with van der Waals surface area (Å²) in [4.78, 5) is 0.964. The van der Waals surface area contributed by atoms with E-state index < -0.39 is 5.60 Å². The van der Waals surface area contributed by atoms with Gasteiger partial charge in [0.2, 0.25) is 0 Å². The van der Waals surface area contributed by atoms with Crippen molar-refractivity contribution in [1.29, 1.82) is 0 Å². The van der Waals surface area contributed by atoms with E-state index in [-0.39, 0.29) is 9.70 Å². The Labute approximate surface area is 67.2 Å². The maximum Gasteiger partial charge on any atom is 0.0922 e. The van der Waals surface area contributed by atoms with Gasteiger partial charge in [-0.15, -0.1) is 0 Å². The van der Waals surface area contributed by atoms with Gasteiger partial charge in [0, 0.05) is 11.1 Å². The van der Waals surface area contributed by atoms with E-state index in [9.17, 15) is 5.11 Å². The molecule has 0 saturated carbocycles. The summed E-state index contributed by atoms with van der Waals surface area (Å²) >= 11 is 0. The van der Waals surface area contributed by atoms with Crippen LogP contribution in [0, 0.1) is 0 Å². The van der Waals surface area contributed by atoms with Gasteiger partial charge in [-0.3, -0.25) is 0 Å². The average molecular weight is 177 g/mol. The normalized spacial score (nSPS) is 25.9. The van der Waals surface area contributed by atoms with Gasteiger partial charge in [-0.25, -0.2) is 0 Å². The molecule has 2 N–H and O–H groups in total. The summed E-state index contributed by atoms with van der Waals surface area (Å²) in [6.07, 6.45) is 1.83. The Bertz CT molecular complexity index is 192. The summed E-state index contributed by atoms with van der Waals surface area (Å²) in [6, 6.07) is 0. The second-order valence-electron chi connectivity index (χ2n) is 2.61. The lowest BCUT2D eigenvalue weighted by molar-refractivity contribution is 0.129. The maximum absolute atomic E-state index is 9.48. The predicted octanol–water partition coefficient (Wildman–Crippen LogP) is 1.47. The molecule has 0 saturated heterocycles. The van der Waals surface area contributed by atoms with Gasteiger partial charge >= 0.3 is 0 Å². The Morgan fingerprint density at radius 1 is 1.80 bits per heavy atom. The molecule has 0 aromatic carbocycles. The highest BCUT2D eigenvalue weighted by Gasteiger charge is 2.23. The van der Waals surface area contributed by atoms with E-state index >= 15 is 0 Å². The van der Waals surface area contributed by atoms with Crippen molar-refractivity contribution in [2.24, 2.45) is 0 Å². The second kappa shape index (κ2) is 2.60. The first-order valence-corrected chi connectivity index (χ1v) is 5.64. The van der Waals surface area contributed by atoms with Crippen LogP contribution in [0.5, 0.6) is 0 Å². The van der Waals surface area contributed by atoms with Crippen molar-refractivity contribution in [3.63, 3.8) is 0 Å². The second-order valence-corrected chi connectivity index (χ2v) is 5.85. The lowest BCUT2D eigenvalue weighted by Gasteiger charge is -2.16. The first-order valence-electron chi connectivity index (χ1n) is 2.91. The fraction of sp³-hybridized carbons (Fsp3) is 0.500. The van der Waals surface area contributed by atoms with Crippen LogP contribution in [-0.4, -0.2) is 16.6 Å². The Balaban J connectivity index is 2.69. The third-order valence-corrected chi connectivity index (χ3v) is 3.92. The molecule has 0 spiro atoms. The van der Waals surface area contributed by atoms with Crippen LogP contribution in [-0.2, 0) is 0 Å². The summed E-state index contributed by atoms with van der Waals surface area (Å²) in [5.41, 5.74) is -0.711. The first kappa shape index (κ1) is 8.17. The summed E-state index contributed by atoms with van der Waals surface area (Å²) < 4.78 is 3.03. The van der Waals surface area contributed by atoms with Crippen molar-refractivity contribution in [1.82, 2.24) is 4.72 Å². The molecule has 58 valence electrons. The molecule has 1 unspecified atom stereocenters. The van der Waals surface area contributed by atoms with Gasteiger partial charge in [0.05, 0.1) is 5.60 Å². The molecule has 0 aromatic heterocycles. The molecule has 0 amide bonds. The van der Waals surface area contributed by atoms with E-state index in [2.05, 4.69) is 10.6 Å². The third-order valence-electron chi connectivity index (χ3n) is 1.11. The highest BCUT2D eigenvalue weighted by molar-refractivity contribution is 8.84. The van der Waals surface area contributed by atoms with E-state index in [4.69, 9.17) is 0 Å². The standard InChI is InChI=1S/C6H11NOS2/c1-6(2,8)5-4-7-10(3)9-5/h4,7-8H,3H2,1-2H3. The molecule has 0 bridgehead atoms. The molecule has 1 heterocycles. The van der Waals surface area contributed by atoms with Crippen molar-refractivity contribution in [3.05, 3.63) is 11.1 Å². The monoisotopic (exact) mass is 177 g/mol. The summed E-state index contributed by atoms with van der Waals surface area (Å²) in [7, 11) is 1.50. The maximum atomic E-state index is 9.48. The number of nitrogens with one attached hydrogen (secondary N) is 1. The van der Waals surface area contributed by atoms with Gasteiger partial charge in [-0.05, 0) is 40.2 Å². The highest BCUT2D eigenvalue weighted by atomic mass is 33.1. The number of hydrogen-bond acceptors (Lipinski definition) is 3. The first-order chi connectivity index (χ1) is 4.50. The quantitative estimate of drug-likeness (QED) is 0.470. The summed E-state index contributed by atoms with van der Waals surface area (Å²) in [5, 5.41) is 9.48. The largest absolute Gasteiger partial charge is 0.385 e. The molecule has 0 aliphatic carbocycles. The molecule has 1 atom stereocenters. The molecule has 2 nitrogen and oxygen atoms in total. The Hall–Kier alpha value is 0.0700. The predicted molar refractivity (Wildman–Crippen MR) is 49.8 cm³/mol. The number of rotatable bonds is 1. The van der Waals surface area contributed by atoms with E-state index in [1.807, 2.05) is 6.20 Å². The van der Waals surface area contributed by atoms with E-state index in [0.29, 0.717) is 0 Å². The third kappa shape index (κ3) is 1.78. The molecular formula is C6H11NOS2. The number of aliphatic hydroxyl groups is 1. The molecule has 1 rings (SSSR count). The SMILES string of the molecule is C=S1NC=C(C(C)(C)O)S1. The molecule has 1 aliphatic rings. The Morgan fingerprint density at radius 2 is 2.40 bits per heavy atom. The van der Waals surface area contributed by atoms with Crippen LogP contribution in [0.1, 0.15) is 13.8 Å². The average Bonchev–Trinajstić information content (AvgIpc) is 2.11.